The van der Waals surface area contributed by atoms with Crippen LogP contribution in [0.25, 0.3) is 22.6 Å². The van der Waals surface area contributed by atoms with E-state index < -0.39 is 10.0 Å². The number of nitrogens with zero attached hydrogens (tertiary/aromatic N) is 4. The van der Waals surface area contributed by atoms with E-state index in [1.807, 2.05) is 43.3 Å². The van der Waals surface area contributed by atoms with E-state index >= 15 is 0 Å². The smallest absolute Gasteiger partial charge is 0.243 e. The van der Waals surface area contributed by atoms with Gasteiger partial charge in [0.05, 0.1) is 17.0 Å². The molecular weight excluding hydrogens is 472 g/mol. The quantitative estimate of drug-likeness (QED) is 0.384. The van der Waals surface area contributed by atoms with Gasteiger partial charge in [-0.25, -0.2) is 18.4 Å². The summed E-state index contributed by atoms with van der Waals surface area (Å²) in [6.07, 6.45) is 3.05. The Labute approximate surface area is 204 Å². The first-order chi connectivity index (χ1) is 16.4. The highest BCUT2D eigenvalue weighted by molar-refractivity contribution is 7.89. The van der Waals surface area contributed by atoms with Crippen LogP contribution in [0, 0.1) is 6.92 Å². The second-order valence-corrected chi connectivity index (χ2v) is 10.7. The Balaban J connectivity index is 1.45. The van der Waals surface area contributed by atoms with Gasteiger partial charge in [0.25, 0.3) is 0 Å². The van der Waals surface area contributed by atoms with Gasteiger partial charge in [0.15, 0.2) is 5.65 Å². The van der Waals surface area contributed by atoms with Gasteiger partial charge in [-0.1, -0.05) is 23.7 Å². The third-order valence-corrected chi connectivity index (χ3v) is 8.58. The minimum Gasteiger partial charge on any atom is -0.496 e. The highest BCUT2D eigenvalue weighted by Crippen LogP contribution is 2.36. The molecule has 0 aliphatic carbocycles. The molecule has 0 amide bonds. The fraction of sp³-hybridized carbons (Fsp3) is 0.280. The van der Waals surface area contributed by atoms with Crippen molar-refractivity contribution in [1.82, 2.24) is 18.8 Å². The first kappa shape index (κ1) is 22.8. The summed E-state index contributed by atoms with van der Waals surface area (Å²) in [5.41, 5.74) is 3.20. The molecule has 0 radical (unpaired) electrons. The first-order valence-corrected chi connectivity index (χ1v) is 12.9. The molecule has 7 nitrogen and oxygen atoms in total. The van der Waals surface area contributed by atoms with Crippen molar-refractivity contribution >= 4 is 32.8 Å². The van der Waals surface area contributed by atoms with Crippen molar-refractivity contribution in [2.75, 3.05) is 20.2 Å². The largest absolute Gasteiger partial charge is 0.496 e. The highest BCUT2D eigenvalue weighted by atomic mass is 35.5. The lowest BCUT2D eigenvalue weighted by Crippen LogP contribution is -2.39. The molecule has 2 aromatic heterocycles. The number of hydrogen-bond donors (Lipinski definition) is 0. The monoisotopic (exact) mass is 496 g/mol. The van der Waals surface area contributed by atoms with E-state index in [1.54, 1.807) is 35.8 Å². The van der Waals surface area contributed by atoms with Crippen LogP contribution in [-0.2, 0) is 10.0 Å². The number of rotatable bonds is 5. The maximum Gasteiger partial charge on any atom is 0.243 e. The van der Waals surface area contributed by atoms with Crippen LogP contribution in [0.2, 0.25) is 5.02 Å². The first-order valence-electron chi connectivity index (χ1n) is 11.1. The van der Waals surface area contributed by atoms with E-state index in [0.29, 0.717) is 36.7 Å². The van der Waals surface area contributed by atoms with E-state index in [-0.39, 0.29) is 10.9 Å². The molecule has 3 heterocycles. The number of fused-ring (bicyclic) bond motifs is 1. The molecule has 0 unspecified atom stereocenters. The van der Waals surface area contributed by atoms with Gasteiger partial charge in [0.2, 0.25) is 10.0 Å². The summed E-state index contributed by atoms with van der Waals surface area (Å²) in [4.78, 5) is 9.71. The molecule has 0 bridgehead atoms. The van der Waals surface area contributed by atoms with Gasteiger partial charge in [-0.05, 0) is 67.8 Å². The van der Waals surface area contributed by atoms with Crippen LogP contribution in [0.5, 0.6) is 5.75 Å². The van der Waals surface area contributed by atoms with Crippen LogP contribution in [0.1, 0.15) is 24.4 Å². The molecule has 1 aliphatic rings. The van der Waals surface area contributed by atoms with Crippen LogP contribution in [0.3, 0.4) is 0 Å². The molecule has 176 valence electrons. The van der Waals surface area contributed by atoms with Crippen LogP contribution in [-0.4, -0.2) is 47.5 Å². The highest BCUT2D eigenvalue weighted by Gasteiger charge is 2.32. The summed E-state index contributed by atoms with van der Waals surface area (Å²) in [7, 11) is -2.02. The Morgan fingerprint density at radius 1 is 1.06 bits per heavy atom. The molecular formula is C25H25ClN4O3S. The van der Waals surface area contributed by atoms with Crippen molar-refractivity contribution in [3.05, 3.63) is 71.4 Å². The SMILES string of the molecule is COc1ccc(S(=O)(=O)N2CCC(n3c(-c4ccccc4Cl)nc4cccnc43)CC2)cc1C. The Morgan fingerprint density at radius 3 is 2.53 bits per heavy atom. The zero-order valence-electron chi connectivity index (χ0n) is 19.0. The summed E-state index contributed by atoms with van der Waals surface area (Å²) in [5, 5.41) is 0.619. The number of aryl methyl sites for hydroxylation is 1. The summed E-state index contributed by atoms with van der Waals surface area (Å²) >= 11 is 6.51. The van der Waals surface area contributed by atoms with Gasteiger partial charge in [0, 0.05) is 30.9 Å². The number of pyridine rings is 1. The normalized spacial score (nSPS) is 15.6. The van der Waals surface area contributed by atoms with Crippen molar-refractivity contribution < 1.29 is 13.2 Å². The predicted molar refractivity (Wildman–Crippen MR) is 133 cm³/mol. The van der Waals surface area contributed by atoms with E-state index in [9.17, 15) is 8.42 Å². The molecule has 5 rings (SSSR count). The molecule has 34 heavy (non-hydrogen) atoms. The average molecular weight is 497 g/mol. The summed E-state index contributed by atoms with van der Waals surface area (Å²) in [6, 6.07) is 16.5. The van der Waals surface area contributed by atoms with Gasteiger partial charge in [0.1, 0.15) is 17.1 Å². The number of methoxy groups -OCH3 is 1. The van der Waals surface area contributed by atoms with Gasteiger partial charge < -0.3 is 9.30 Å². The van der Waals surface area contributed by atoms with Crippen LogP contribution >= 0.6 is 11.6 Å². The summed E-state index contributed by atoms with van der Waals surface area (Å²) in [5.74, 6) is 1.43. The standard InChI is InChI=1S/C25H25ClN4O3S/c1-17-16-19(9-10-23(17)33-2)34(31,32)29-14-11-18(12-15-29)30-24(20-6-3-4-7-21(20)26)28-22-8-5-13-27-25(22)30/h3-10,13,16,18H,11-12,14-15H2,1-2H3. The van der Waals surface area contributed by atoms with E-state index in [0.717, 1.165) is 28.1 Å². The third-order valence-electron chi connectivity index (χ3n) is 6.36. The number of sulfonamides is 1. The molecule has 9 heteroatoms. The number of halogens is 1. The summed E-state index contributed by atoms with van der Waals surface area (Å²) in [6.45, 7) is 2.66. The Hall–Kier alpha value is -2.94. The fourth-order valence-corrected chi connectivity index (χ4v) is 6.38. The number of aromatic nitrogens is 3. The molecule has 1 saturated heterocycles. The van der Waals surface area contributed by atoms with Crippen LogP contribution < -0.4 is 4.74 Å². The van der Waals surface area contributed by atoms with Gasteiger partial charge >= 0.3 is 0 Å². The molecule has 0 N–H and O–H groups in total. The number of imidazole rings is 1. The minimum atomic E-state index is -3.60. The third kappa shape index (κ3) is 3.96. The number of ether oxygens (including phenoxy) is 1. The van der Waals surface area contributed by atoms with Gasteiger partial charge in [-0.3, -0.25) is 0 Å². The zero-order chi connectivity index (χ0) is 23.9. The lowest BCUT2D eigenvalue weighted by Gasteiger charge is -2.32. The Bertz CT molecular complexity index is 1460. The van der Waals surface area contributed by atoms with E-state index in [4.69, 9.17) is 21.3 Å². The molecule has 0 saturated carbocycles. The predicted octanol–water partition coefficient (Wildman–Crippen LogP) is 5.09. The lowest BCUT2D eigenvalue weighted by atomic mass is 10.1. The molecule has 1 fully saturated rings. The Morgan fingerprint density at radius 2 is 1.82 bits per heavy atom. The molecule has 4 aromatic rings. The minimum absolute atomic E-state index is 0.0511. The topological polar surface area (TPSA) is 77.3 Å². The van der Waals surface area contributed by atoms with Crippen molar-refractivity contribution in [3.63, 3.8) is 0 Å². The molecule has 0 atom stereocenters. The van der Waals surface area contributed by atoms with Crippen molar-refractivity contribution in [1.29, 1.82) is 0 Å². The average Bonchev–Trinajstić information content (AvgIpc) is 3.23. The van der Waals surface area contributed by atoms with E-state index in [1.165, 1.54) is 0 Å². The van der Waals surface area contributed by atoms with Crippen LogP contribution in [0.15, 0.2) is 65.7 Å². The number of hydrogen-bond acceptors (Lipinski definition) is 5. The molecule has 2 aromatic carbocycles. The molecule has 1 aliphatic heterocycles. The second kappa shape index (κ2) is 9.02. The van der Waals surface area contributed by atoms with Crippen molar-refractivity contribution in [3.8, 4) is 17.1 Å². The maximum absolute atomic E-state index is 13.3. The van der Waals surface area contributed by atoms with Crippen molar-refractivity contribution in [2.24, 2.45) is 0 Å². The number of benzene rings is 2. The molecule has 0 spiro atoms. The summed E-state index contributed by atoms with van der Waals surface area (Å²) < 4.78 is 35.6. The maximum atomic E-state index is 13.3. The fourth-order valence-electron chi connectivity index (χ4n) is 4.61. The lowest BCUT2D eigenvalue weighted by molar-refractivity contribution is 0.278. The van der Waals surface area contributed by atoms with E-state index in [2.05, 4.69) is 9.55 Å². The van der Waals surface area contributed by atoms with Crippen molar-refractivity contribution in [2.45, 2.75) is 30.7 Å². The van der Waals surface area contributed by atoms with Crippen LogP contribution in [0.4, 0.5) is 0 Å². The zero-order valence-corrected chi connectivity index (χ0v) is 20.6. The second-order valence-electron chi connectivity index (χ2n) is 8.40. The van der Waals surface area contributed by atoms with Gasteiger partial charge in [-0.2, -0.15) is 4.31 Å². The Kier molecular flexibility index (Phi) is 6.06. The van der Waals surface area contributed by atoms with Gasteiger partial charge in [-0.15, -0.1) is 0 Å². The number of piperidine rings is 1.